The van der Waals surface area contributed by atoms with E-state index in [1.165, 1.54) is 70.6 Å². The molecule has 3 heteroatoms. The van der Waals surface area contributed by atoms with Gasteiger partial charge in [0.05, 0.1) is 0 Å². The van der Waals surface area contributed by atoms with Crippen LogP contribution in [-0.4, -0.2) is 15.0 Å². The zero-order chi connectivity index (χ0) is 14.3. The SMILES string of the molecule is CCCCCCCCCCCCCCC([125I])C(=O)O. The van der Waals surface area contributed by atoms with Gasteiger partial charge in [-0.05, 0) is 6.42 Å². The van der Waals surface area contributed by atoms with Gasteiger partial charge in [0, 0.05) is 0 Å². The van der Waals surface area contributed by atoms with E-state index in [-0.39, 0.29) is 3.92 Å². The van der Waals surface area contributed by atoms with Crippen molar-refractivity contribution in [2.24, 2.45) is 0 Å². The third-order valence-electron chi connectivity index (χ3n) is 3.58. The number of hydrogen-bond donors (Lipinski definition) is 1. The third kappa shape index (κ3) is 14.4. The number of rotatable bonds is 14. The minimum Gasteiger partial charge on any atom is -0.480 e. The minimum absolute atomic E-state index is 0.194. The Morgan fingerprint density at radius 2 is 1.21 bits per heavy atom. The maximum atomic E-state index is 10.6. The lowest BCUT2D eigenvalue weighted by Gasteiger charge is -2.04. The van der Waals surface area contributed by atoms with E-state index in [1.54, 1.807) is 0 Å². The molecule has 0 aliphatic heterocycles. The van der Waals surface area contributed by atoms with E-state index >= 15 is 0 Å². The molecule has 0 aliphatic rings. The number of halogens is 1. The summed E-state index contributed by atoms with van der Waals surface area (Å²) in [6, 6.07) is 0. The van der Waals surface area contributed by atoms with Gasteiger partial charge in [0.1, 0.15) is 3.92 Å². The van der Waals surface area contributed by atoms with Crippen molar-refractivity contribution >= 4 is 28.6 Å². The molecule has 0 fully saturated rings. The van der Waals surface area contributed by atoms with Gasteiger partial charge in [0.25, 0.3) is 0 Å². The second kappa shape index (κ2) is 14.6. The second-order valence-corrected chi connectivity index (χ2v) is 6.99. The number of carboxylic acids is 1. The van der Waals surface area contributed by atoms with Gasteiger partial charge in [-0.15, -0.1) is 0 Å². The van der Waals surface area contributed by atoms with E-state index in [0.717, 1.165) is 12.8 Å². The van der Waals surface area contributed by atoms with Crippen LogP contribution in [0.25, 0.3) is 0 Å². The van der Waals surface area contributed by atoms with E-state index in [0.29, 0.717) is 0 Å². The smallest absolute Gasteiger partial charge is 0.316 e. The van der Waals surface area contributed by atoms with E-state index in [2.05, 4.69) is 6.92 Å². The summed E-state index contributed by atoms with van der Waals surface area (Å²) in [6.07, 6.45) is 16.8. The Labute approximate surface area is 132 Å². The summed E-state index contributed by atoms with van der Waals surface area (Å²) in [4.78, 5) is 10.6. The Balaban J connectivity index is 3.05. The number of carbonyl (C=O) groups is 1. The van der Waals surface area contributed by atoms with Crippen molar-refractivity contribution in [3.05, 3.63) is 0 Å². The Bertz CT molecular complexity index is 207. The first-order valence-corrected chi connectivity index (χ1v) is 9.30. The van der Waals surface area contributed by atoms with Crippen LogP contribution in [0.3, 0.4) is 0 Å². The first kappa shape index (κ1) is 19.2. The highest BCUT2D eigenvalue weighted by Gasteiger charge is 2.11. The van der Waals surface area contributed by atoms with E-state index in [4.69, 9.17) is 5.11 Å². The molecule has 0 radical (unpaired) electrons. The summed E-state index contributed by atoms with van der Waals surface area (Å²) in [7, 11) is 0. The molecule has 114 valence electrons. The molecule has 0 aliphatic carbocycles. The van der Waals surface area contributed by atoms with Gasteiger partial charge in [0.15, 0.2) is 0 Å². The largest absolute Gasteiger partial charge is 0.480 e. The van der Waals surface area contributed by atoms with Crippen LogP contribution in [0.2, 0.25) is 0 Å². The molecule has 0 aromatic carbocycles. The second-order valence-electron chi connectivity index (χ2n) is 5.48. The maximum Gasteiger partial charge on any atom is 0.316 e. The molecule has 1 unspecified atom stereocenters. The molecule has 19 heavy (non-hydrogen) atoms. The summed E-state index contributed by atoms with van der Waals surface area (Å²) in [5.41, 5.74) is 0. The van der Waals surface area contributed by atoms with Gasteiger partial charge < -0.3 is 5.11 Å². The molecule has 1 atom stereocenters. The molecular formula is C16H31IO2. The number of alkyl halides is 1. The molecule has 0 saturated carbocycles. The van der Waals surface area contributed by atoms with Crippen LogP contribution >= 0.6 is 22.6 Å². The predicted molar refractivity (Wildman–Crippen MR) is 91.1 cm³/mol. The van der Waals surface area contributed by atoms with Crippen LogP contribution in [0.15, 0.2) is 0 Å². The van der Waals surface area contributed by atoms with Crippen LogP contribution in [-0.2, 0) is 4.79 Å². The first-order valence-electron chi connectivity index (χ1n) is 8.05. The van der Waals surface area contributed by atoms with Crippen molar-refractivity contribution in [1.82, 2.24) is 0 Å². The van der Waals surface area contributed by atoms with Gasteiger partial charge in [-0.1, -0.05) is 107 Å². The van der Waals surface area contributed by atoms with Crippen molar-refractivity contribution in [3.8, 4) is 0 Å². The third-order valence-corrected chi connectivity index (χ3v) is 4.73. The number of unbranched alkanes of at least 4 members (excludes halogenated alkanes) is 11. The number of hydrogen-bond acceptors (Lipinski definition) is 1. The highest BCUT2D eigenvalue weighted by molar-refractivity contribution is 14.1. The summed E-state index contributed by atoms with van der Waals surface area (Å²) < 4.78 is -0.194. The molecule has 0 rings (SSSR count). The fourth-order valence-corrected chi connectivity index (χ4v) is 2.73. The molecule has 2 nitrogen and oxygen atoms in total. The van der Waals surface area contributed by atoms with Crippen molar-refractivity contribution in [2.45, 2.75) is 94.3 Å². The molecule has 0 bridgehead atoms. The summed E-state index contributed by atoms with van der Waals surface area (Å²) in [5.74, 6) is -0.663. The standard InChI is InChI=1S/C16H31IO2/c1-2-3-4-5-6-7-8-9-10-11-12-13-14-15(17)16(18)19/h15H,2-14H2,1H3,(H,18,19)/i17-2. The molecule has 0 spiro atoms. The molecular weight excluding hydrogens is 349 g/mol. The zero-order valence-electron chi connectivity index (χ0n) is 12.5. The summed E-state index contributed by atoms with van der Waals surface area (Å²) in [5, 5.41) is 8.75. The van der Waals surface area contributed by atoms with Gasteiger partial charge in [-0.25, -0.2) is 0 Å². The predicted octanol–water partition coefficient (Wildman–Crippen LogP) is 5.97. The van der Waals surface area contributed by atoms with Gasteiger partial charge in [-0.2, -0.15) is 0 Å². The summed E-state index contributed by atoms with van der Waals surface area (Å²) in [6.45, 7) is 2.26. The molecule has 0 saturated heterocycles. The quantitative estimate of drug-likeness (QED) is 0.229. The maximum absolute atomic E-state index is 10.6. The molecule has 1 N–H and O–H groups in total. The van der Waals surface area contributed by atoms with Crippen molar-refractivity contribution in [3.63, 3.8) is 0 Å². The lowest BCUT2D eigenvalue weighted by Crippen LogP contribution is -2.11. The van der Waals surface area contributed by atoms with Crippen LogP contribution < -0.4 is 0 Å². The Kier molecular flexibility index (Phi) is 14.8. The van der Waals surface area contributed by atoms with E-state index < -0.39 is 5.97 Å². The zero-order valence-corrected chi connectivity index (χ0v) is 14.7. The normalized spacial score (nSPS) is 12.5. The highest BCUT2D eigenvalue weighted by Crippen LogP contribution is 2.15. The van der Waals surface area contributed by atoms with Crippen LogP contribution in [0, 0.1) is 0 Å². The van der Waals surface area contributed by atoms with Crippen molar-refractivity contribution in [2.75, 3.05) is 0 Å². The molecule has 0 aromatic rings. The highest BCUT2D eigenvalue weighted by atomic mass is 125. The Hall–Kier alpha value is 0.200. The van der Waals surface area contributed by atoms with Crippen LogP contribution in [0.4, 0.5) is 0 Å². The monoisotopic (exact) mass is 380 g/mol. The van der Waals surface area contributed by atoms with E-state index in [9.17, 15) is 4.79 Å². The number of aliphatic carboxylic acids is 1. The fourth-order valence-electron chi connectivity index (χ4n) is 2.29. The van der Waals surface area contributed by atoms with Gasteiger partial charge in [0.2, 0.25) is 0 Å². The minimum atomic E-state index is -0.663. The number of carboxylic acid groups (broad SMARTS) is 1. The van der Waals surface area contributed by atoms with E-state index in [1.807, 2.05) is 22.6 Å². The molecule has 0 aromatic heterocycles. The lowest BCUT2D eigenvalue weighted by atomic mass is 10.0. The average Bonchev–Trinajstić information content (AvgIpc) is 2.39. The summed E-state index contributed by atoms with van der Waals surface area (Å²) >= 11 is 2.02. The van der Waals surface area contributed by atoms with Crippen molar-refractivity contribution < 1.29 is 9.90 Å². The van der Waals surface area contributed by atoms with Gasteiger partial charge in [-0.3, -0.25) is 4.79 Å². The average molecular weight is 380 g/mol. The van der Waals surface area contributed by atoms with Crippen LogP contribution in [0.1, 0.15) is 90.4 Å². The Morgan fingerprint density at radius 1 is 0.842 bits per heavy atom. The van der Waals surface area contributed by atoms with Crippen LogP contribution in [0.5, 0.6) is 0 Å². The molecule has 0 heterocycles. The topological polar surface area (TPSA) is 37.3 Å². The Morgan fingerprint density at radius 3 is 1.58 bits per heavy atom. The first-order chi connectivity index (χ1) is 9.18. The fraction of sp³-hybridized carbons (Fsp3) is 0.938. The lowest BCUT2D eigenvalue weighted by molar-refractivity contribution is -0.136. The van der Waals surface area contributed by atoms with Gasteiger partial charge >= 0.3 is 5.97 Å². The van der Waals surface area contributed by atoms with Crippen molar-refractivity contribution in [1.29, 1.82) is 0 Å². The molecule has 0 amide bonds.